The molecule has 0 aromatic heterocycles. The highest BCUT2D eigenvalue weighted by atomic mass is 79.9. The van der Waals surface area contributed by atoms with Gasteiger partial charge in [-0.1, -0.05) is 34.1 Å². The Morgan fingerprint density at radius 2 is 1.81 bits per heavy atom. The summed E-state index contributed by atoms with van der Waals surface area (Å²) in [5.41, 5.74) is 1.32. The quantitative estimate of drug-likeness (QED) is 0.681. The molecule has 26 heavy (non-hydrogen) atoms. The first-order valence-electron chi connectivity index (χ1n) is 7.78. The minimum atomic E-state index is -2.85. The fourth-order valence-corrected chi connectivity index (χ4v) is 2.54. The van der Waals surface area contributed by atoms with Crippen molar-refractivity contribution in [1.29, 1.82) is 0 Å². The number of rotatable bonds is 8. The molecule has 5 nitrogen and oxygen atoms in total. The molecule has 0 atom stereocenters. The second kappa shape index (κ2) is 9.86. The SMILES string of the molecule is O=C(CNC(=O)c1cccc(Br)c1)NCCc1ccc(OC(F)F)cc1. The van der Waals surface area contributed by atoms with Crippen molar-refractivity contribution >= 4 is 27.7 Å². The maximum absolute atomic E-state index is 12.1. The van der Waals surface area contributed by atoms with Crippen LogP contribution in [-0.2, 0) is 11.2 Å². The summed E-state index contributed by atoms with van der Waals surface area (Å²) < 4.78 is 29.2. The molecular formula is C18H17BrF2N2O3. The fourth-order valence-electron chi connectivity index (χ4n) is 2.14. The highest BCUT2D eigenvalue weighted by Gasteiger charge is 2.08. The molecule has 0 spiro atoms. The molecule has 2 rings (SSSR count). The topological polar surface area (TPSA) is 67.4 Å². The van der Waals surface area contributed by atoms with Gasteiger partial charge in [-0.25, -0.2) is 0 Å². The molecule has 0 fully saturated rings. The second-order valence-corrected chi connectivity index (χ2v) is 6.23. The first-order chi connectivity index (χ1) is 12.4. The normalized spacial score (nSPS) is 10.5. The van der Waals surface area contributed by atoms with Gasteiger partial charge in [0, 0.05) is 16.6 Å². The molecular weight excluding hydrogens is 410 g/mol. The molecule has 0 aliphatic rings. The maximum atomic E-state index is 12.1. The highest BCUT2D eigenvalue weighted by molar-refractivity contribution is 9.10. The Balaban J connectivity index is 1.69. The summed E-state index contributed by atoms with van der Waals surface area (Å²) in [6.07, 6.45) is 0.528. The van der Waals surface area contributed by atoms with Gasteiger partial charge in [-0.2, -0.15) is 8.78 Å². The Bertz CT molecular complexity index is 754. The zero-order valence-electron chi connectivity index (χ0n) is 13.7. The number of ether oxygens (including phenoxy) is 1. The second-order valence-electron chi connectivity index (χ2n) is 5.32. The molecule has 2 amide bonds. The van der Waals surface area contributed by atoms with Crippen LogP contribution in [0.4, 0.5) is 8.78 Å². The number of halogens is 3. The van der Waals surface area contributed by atoms with E-state index in [0.717, 1.165) is 10.0 Å². The first kappa shape index (κ1) is 19.8. The Kier molecular flexibility index (Phi) is 7.53. The van der Waals surface area contributed by atoms with Gasteiger partial charge in [0.2, 0.25) is 5.91 Å². The number of carbonyl (C=O) groups is 2. The fraction of sp³-hybridized carbons (Fsp3) is 0.222. The lowest BCUT2D eigenvalue weighted by atomic mass is 10.1. The first-order valence-corrected chi connectivity index (χ1v) is 8.57. The van der Waals surface area contributed by atoms with E-state index in [2.05, 4.69) is 31.3 Å². The molecule has 0 heterocycles. The summed E-state index contributed by atoms with van der Waals surface area (Å²) in [6.45, 7) is -2.62. The minimum Gasteiger partial charge on any atom is -0.435 e. The van der Waals surface area contributed by atoms with E-state index in [0.29, 0.717) is 18.5 Å². The van der Waals surface area contributed by atoms with Crippen molar-refractivity contribution in [3.63, 3.8) is 0 Å². The third kappa shape index (κ3) is 6.79. The largest absolute Gasteiger partial charge is 0.435 e. The molecule has 2 aromatic rings. The van der Waals surface area contributed by atoms with Crippen LogP contribution in [0, 0.1) is 0 Å². The summed E-state index contributed by atoms with van der Waals surface area (Å²) in [6, 6.07) is 13.0. The van der Waals surface area contributed by atoms with Crippen LogP contribution in [0.25, 0.3) is 0 Å². The molecule has 138 valence electrons. The van der Waals surface area contributed by atoms with Crippen LogP contribution in [0.15, 0.2) is 53.0 Å². The summed E-state index contributed by atoms with van der Waals surface area (Å²) in [5.74, 6) is -0.565. The van der Waals surface area contributed by atoms with E-state index in [1.54, 1.807) is 36.4 Å². The number of amides is 2. The molecule has 0 bridgehead atoms. The Labute approximate surface area is 157 Å². The van der Waals surface area contributed by atoms with E-state index >= 15 is 0 Å². The molecule has 8 heteroatoms. The number of alkyl halides is 2. The Morgan fingerprint density at radius 3 is 2.46 bits per heavy atom. The van der Waals surface area contributed by atoms with Gasteiger partial charge >= 0.3 is 6.61 Å². The van der Waals surface area contributed by atoms with Crippen LogP contribution in [0.3, 0.4) is 0 Å². The lowest BCUT2D eigenvalue weighted by Crippen LogP contribution is -2.37. The lowest BCUT2D eigenvalue weighted by Gasteiger charge is -2.08. The molecule has 0 saturated heterocycles. The van der Waals surface area contributed by atoms with Crippen molar-refractivity contribution in [1.82, 2.24) is 10.6 Å². The molecule has 0 saturated carbocycles. The van der Waals surface area contributed by atoms with Crippen LogP contribution in [0.2, 0.25) is 0 Å². The third-order valence-corrected chi connectivity index (χ3v) is 3.87. The minimum absolute atomic E-state index is 0.0862. The maximum Gasteiger partial charge on any atom is 0.387 e. The lowest BCUT2D eigenvalue weighted by molar-refractivity contribution is -0.120. The zero-order valence-corrected chi connectivity index (χ0v) is 15.3. The zero-order chi connectivity index (χ0) is 18.9. The smallest absolute Gasteiger partial charge is 0.387 e. The van der Waals surface area contributed by atoms with E-state index in [4.69, 9.17) is 0 Å². The van der Waals surface area contributed by atoms with Gasteiger partial charge < -0.3 is 15.4 Å². The number of carbonyl (C=O) groups excluding carboxylic acids is 2. The van der Waals surface area contributed by atoms with Crippen LogP contribution in [0.5, 0.6) is 5.75 Å². The van der Waals surface area contributed by atoms with Gasteiger partial charge in [-0.3, -0.25) is 9.59 Å². The van der Waals surface area contributed by atoms with E-state index < -0.39 is 6.61 Å². The van der Waals surface area contributed by atoms with Gasteiger partial charge in [0.1, 0.15) is 5.75 Å². The number of nitrogens with one attached hydrogen (secondary N) is 2. The summed E-state index contributed by atoms with van der Waals surface area (Å²) in [7, 11) is 0. The molecule has 2 aromatic carbocycles. The standard InChI is InChI=1S/C18H17BrF2N2O3/c19-14-3-1-2-13(10-14)17(25)23-11-16(24)22-9-8-12-4-6-15(7-5-12)26-18(20)21/h1-7,10,18H,8-9,11H2,(H,22,24)(H,23,25). The number of hydrogen-bond donors (Lipinski definition) is 2. The number of benzene rings is 2. The van der Waals surface area contributed by atoms with Crippen LogP contribution < -0.4 is 15.4 Å². The van der Waals surface area contributed by atoms with Crippen molar-refractivity contribution in [2.24, 2.45) is 0 Å². The van der Waals surface area contributed by atoms with Crippen molar-refractivity contribution in [3.05, 3.63) is 64.1 Å². The molecule has 2 N–H and O–H groups in total. The van der Waals surface area contributed by atoms with Gasteiger partial charge in [0.15, 0.2) is 0 Å². The molecule has 0 radical (unpaired) electrons. The predicted octanol–water partition coefficient (Wildman–Crippen LogP) is 3.14. The van der Waals surface area contributed by atoms with Gasteiger partial charge in [-0.15, -0.1) is 0 Å². The van der Waals surface area contributed by atoms with Gasteiger partial charge in [0.25, 0.3) is 5.91 Å². The summed E-state index contributed by atoms with van der Waals surface area (Å²) in [5, 5.41) is 5.22. The van der Waals surface area contributed by atoms with Crippen molar-refractivity contribution < 1.29 is 23.1 Å². The van der Waals surface area contributed by atoms with Crippen LogP contribution >= 0.6 is 15.9 Å². The Hall–Kier alpha value is -2.48. The summed E-state index contributed by atoms with van der Waals surface area (Å²) in [4.78, 5) is 23.7. The molecule has 0 aliphatic carbocycles. The summed E-state index contributed by atoms with van der Waals surface area (Å²) >= 11 is 3.28. The van der Waals surface area contributed by atoms with E-state index in [-0.39, 0.29) is 24.1 Å². The molecule has 0 aliphatic heterocycles. The highest BCUT2D eigenvalue weighted by Crippen LogP contribution is 2.15. The average molecular weight is 427 g/mol. The van der Waals surface area contributed by atoms with Crippen LogP contribution in [-0.4, -0.2) is 31.5 Å². The van der Waals surface area contributed by atoms with Gasteiger partial charge in [-0.05, 0) is 42.3 Å². The van der Waals surface area contributed by atoms with Gasteiger partial charge in [0.05, 0.1) is 6.54 Å². The monoisotopic (exact) mass is 426 g/mol. The van der Waals surface area contributed by atoms with E-state index in [9.17, 15) is 18.4 Å². The Morgan fingerprint density at radius 1 is 1.08 bits per heavy atom. The van der Waals surface area contributed by atoms with E-state index in [1.165, 1.54) is 12.1 Å². The molecule has 0 unspecified atom stereocenters. The number of hydrogen-bond acceptors (Lipinski definition) is 3. The van der Waals surface area contributed by atoms with Crippen LogP contribution in [0.1, 0.15) is 15.9 Å². The predicted molar refractivity (Wildman–Crippen MR) is 96.3 cm³/mol. The average Bonchev–Trinajstić information content (AvgIpc) is 2.60. The van der Waals surface area contributed by atoms with Crippen molar-refractivity contribution in [2.75, 3.05) is 13.1 Å². The third-order valence-electron chi connectivity index (χ3n) is 3.38. The van der Waals surface area contributed by atoms with Crippen molar-refractivity contribution in [3.8, 4) is 5.75 Å². The van der Waals surface area contributed by atoms with Crippen molar-refractivity contribution in [2.45, 2.75) is 13.0 Å². The van der Waals surface area contributed by atoms with E-state index in [1.807, 2.05) is 0 Å².